The van der Waals surface area contributed by atoms with Crippen molar-refractivity contribution in [2.24, 2.45) is 17.6 Å². The van der Waals surface area contributed by atoms with Crippen LogP contribution in [-0.2, 0) is 9.53 Å². The van der Waals surface area contributed by atoms with Crippen molar-refractivity contribution in [3.8, 4) is 0 Å². The molecule has 2 fully saturated rings. The Kier molecular flexibility index (Phi) is 3.26. The molecule has 0 bridgehead atoms. The van der Waals surface area contributed by atoms with E-state index < -0.39 is 0 Å². The van der Waals surface area contributed by atoms with Crippen LogP contribution in [0, 0.1) is 11.8 Å². The predicted octanol–water partition coefficient (Wildman–Crippen LogP) is 0.265. The Morgan fingerprint density at radius 3 is 2.80 bits per heavy atom. The van der Waals surface area contributed by atoms with Crippen molar-refractivity contribution in [3.05, 3.63) is 0 Å². The maximum atomic E-state index is 11.8. The van der Waals surface area contributed by atoms with Crippen molar-refractivity contribution in [3.63, 3.8) is 0 Å². The lowest BCUT2D eigenvalue weighted by Crippen LogP contribution is -2.42. The Hall–Kier alpha value is -0.610. The highest BCUT2D eigenvalue weighted by Gasteiger charge is 2.32. The van der Waals surface area contributed by atoms with Crippen LogP contribution in [0.2, 0.25) is 0 Å². The SMILES string of the molecule is CC1OCCC1C(=O)NCC(N)C1CC1. The van der Waals surface area contributed by atoms with E-state index in [4.69, 9.17) is 10.5 Å². The normalized spacial score (nSPS) is 32.7. The van der Waals surface area contributed by atoms with Crippen LogP contribution in [0.4, 0.5) is 0 Å². The molecule has 0 radical (unpaired) electrons. The third-order valence-electron chi connectivity index (χ3n) is 3.45. The second kappa shape index (κ2) is 4.49. The molecule has 2 rings (SSSR count). The van der Waals surface area contributed by atoms with Crippen molar-refractivity contribution in [1.29, 1.82) is 0 Å². The standard InChI is InChI=1S/C11H20N2O2/c1-7-9(4-5-15-7)11(14)13-6-10(12)8-2-3-8/h7-10H,2-6,12H2,1H3,(H,13,14). The Bertz CT molecular complexity index is 241. The van der Waals surface area contributed by atoms with E-state index in [-0.39, 0.29) is 24.0 Å². The van der Waals surface area contributed by atoms with E-state index in [1.165, 1.54) is 12.8 Å². The predicted molar refractivity (Wildman–Crippen MR) is 57.2 cm³/mol. The minimum absolute atomic E-state index is 0.0244. The first-order valence-corrected chi connectivity index (χ1v) is 5.83. The van der Waals surface area contributed by atoms with Crippen LogP contribution >= 0.6 is 0 Å². The second-order valence-electron chi connectivity index (χ2n) is 4.72. The second-order valence-corrected chi connectivity index (χ2v) is 4.72. The summed E-state index contributed by atoms with van der Waals surface area (Å²) in [5.41, 5.74) is 5.91. The summed E-state index contributed by atoms with van der Waals surface area (Å²) in [6, 6.07) is 0.145. The molecule has 1 aliphatic carbocycles. The molecule has 86 valence electrons. The van der Waals surface area contributed by atoms with Crippen LogP contribution in [0.5, 0.6) is 0 Å². The number of hydrogen-bond acceptors (Lipinski definition) is 3. The van der Waals surface area contributed by atoms with Crippen molar-refractivity contribution in [2.75, 3.05) is 13.2 Å². The quantitative estimate of drug-likeness (QED) is 0.703. The molecule has 0 spiro atoms. The fourth-order valence-corrected chi connectivity index (χ4v) is 2.12. The summed E-state index contributed by atoms with van der Waals surface area (Å²) in [6.07, 6.45) is 3.34. The van der Waals surface area contributed by atoms with Gasteiger partial charge in [0.2, 0.25) is 5.91 Å². The molecule has 0 aromatic heterocycles. The first-order chi connectivity index (χ1) is 7.18. The molecule has 3 N–H and O–H groups in total. The van der Waals surface area contributed by atoms with Gasteiger partial charge in [-0.25, -0.2) is 0 Å². The van der Waals surface area contributed by atoms with Crippen LogP contribution < -0.4 is 11.1 Å². The summed E-state index contributed by atoms with van der Waals surface area (Å²) in [6.45, 7) is 3.28. The molecule has 1 amide bonds. The van der Waals surface area contributed by atoms with Gasteiger partial charge in [-0.05, 0) is 32.1 Å². The summed E-state index contributed by atoms with van der Waals surface area (Å²) in [5, 5.41) is 2.93. The number of carbonyl (C=O) groups excluding carboxylic acids is 1. The Morgan fingerprint density at radius 1 is 1.53 bits per heavy atom. The first-order valence-electron chi connectivity index (χ1n) is 5.83. The number of amides is 1. The van der Waals surface area contributed by atoms with E-state index in [1.807, 2.05) is 6.92 Å². The Balaban J connectivity index is 1.71. The highest BCUT2D eigenvalue weighted by molar-refractivity contribution is 5.79. The lowest BCUT2D eigenvalue weighted by atomic mass is 10.0. The van der Waals surface area contributed by atoms with E-state index in [1.54, 1.807) is 0 Å². The summed E-state index contributed by atoms with van der Waals surface area (Å²) < 4.78 is 5.36. The molecule has 1 saturated heterocycles. The summed E-state index contributed by atoms with van der Waals surface area (Å²) in [4.78, 5) is 11.8. The van der Waals surface area contributed by atoms with Gasteiger partial charge in [-0.1, -0.05) is 0 Å². The third-order valence-corrected chi connectivity index (χ3v) is 3.45. The van der Waals surface area contributed by atoms with Crippen LogP contribution in [0.1, 0.15) is 26.2 Å². The lowest BCUT2D eigenvalue weighted by molar-refractivity contribution is -0.126. The van der Waals surface area contributed by atoms with Gasteiger partial charge in [-0.3, -0.25) is 4.79 Å². The van der Waals surface area contributed by atoms with E-state index in [0.717, 1.165) is 6.42 Å². The lowest BCUT2D eigenvalue weighted by Gasteiger charge is -2.16. The number of nitrogens with two attached hydrogens (primary N) is 1. The molecule has 4 heteroatoms. The third kappa shape index (κ3) is 2.69. The topological polar surface area (TPSA) is 64.3 Å². The van der Waals surface area contributed by atoms with Gasteiger partial charge in [0.05, 0.1) is 12.0 Å². The number of ether oxygens (including phenoxy) is 1. The molecule has 15 heavy (non-hydrogen) atoms. The summed E-state index contributed by atoms with van der Waals surface area (Å²) >= 11 is 0. The monoisotopic (exact) mass is 212 g/mol. The number of hydrogen-bond donors (Lipinski definition) is 2. The fourth-order valence-electron chi connectivity index (χ4n) is 2.12. The highest BCUT2D eigenvalue weighted by atomic mass is 16.5. The maximum absolute atomic E-state index is 11.8. The van der Waals surface area contributed by atoms with E-state index in [9.17, 15) is 4.79 Å². The number of carbonyl (C=O) groups is 1. The van der Waals surface area contributed by atoms with Crippen molar-refractivity contribution in [1.82, 2.24) is 5.32 Å². The first kappa shape index (κ1) is 10.9. The minimum Gasteiger partial charge on any atom is -0.378 e. The average molecular weight is 212 g/mol. The molecule has 0 aromatic rings. The zero-order chi connectivity index (χ0) is 10.8. The van der Waals surface area contributed by atoms with Gasteiger partial charge in [-0.15, -0.1) is 0 Å². The molecule has 3 atom stereocenters. The molecule has 4 nitrogen and oxygen atoms in total. The molecule has 3 unspecified atom stereocenters. The van der Waals surface area contributed by atoms with Crippen LogP contribution in [0.15, 0.2) is 0 Å². The number of nitrogens with one attached hydrogen (secondary N) is 1. The number of rotatable bonds is 4. The van der Waals surface area contributed by atoms with E-state index in [0.29, 0.717) is 19.1 Å². The van der Waals surface area contributed by atoms with Gasteiger partial charge < -0.3 is 15.8 Å². The average Bonchev–Trinajstić information content (AvgIpc) is 2.98. The van der Waals surface area contributed by atoms with Gasteiger partial charge in [0.15, 0.2) is 0 Å². The molecule has 1 saturated carbocycles. The van der Waals surface area contributed by atoms with Crippen LogP contribution in [0.25, 0.3) is 0 Å². The summed E-state index contributed by atoms with van der Waals surface area (Å²) in [7, 11) is 0. The van der Waals surface area contributed by atoms with Crippen LogP contribution in [-0.4, -0.2) is 31.2 Å². The van der Waals surface area contributed by atoms with Crippen molar-refractivity contribution in [2.45, 2.75) is 38.3 Å². The highest BCUT2D eigenvalue weighted by Crippen LogP contribution is 2.31. The van der Waals surface area contributed by atoms with Gasteiger partial charge >= 0.3 is 0 Å². The minimum atomic E-state index is 0.0244. The maximum Gasteiger partial charge on any atom is 0.225 e. The molecule has 1 heterocycles. The molecule has 1 aliphatic heterocycles. The van der Waals surface area contributed by atoms with Crippen molar-refractivity contribution >= 4 is 5.91 Å². The Labute approximate surface area is 90.5 Å². The zero-order valence-corrected chi connectivity index (χ0v) is 9.24. The largest absolute Gasteiger partial charge is 0.378 e. The van der Waals surface area contributed by atoms with Gasteiger partial charge in [0, 0.05) is 19.2 Å². The van der Waals surface area contributed by atoms with Crippen molar-refractivity contribution < 1.29 is 9.53 Å². The van der Waals surface area contributed by atoms with E-state index >= 15 is 0 Å². The van der Waals surface area contributed by atoms with Gasteiger partial charge in [-0.2, -0.15) is 0 Å². The molecule has 0 aromatic carbocycles. The molecule has 2 aliphatic rings. The Morgan fingerprint density at radius 2 is 2.27 bits per heavy atom. The smallest absolute Gasteiger partial charge is 0.225 e. The fraction of sp³-hybridized carbons (Fsp3) is 0.909. The van der Waals surface area contributed by atoms with Gasteiger partial charge in [0.25, 0.3) is 0 Å². The van der Waals surface area contributed by atoms with Gasteiger partial charge in [0.1, 0.15) is 0 Å². The molecular formula is C11H20N2O2. The molecular weight excluding hydrogens is 192 g/mol. The van der Waals surface area contributed by atoms with Crippen LogP contribution in [0.3, 0.4) is 0 Å². The zero-order valence-electron chi connectivity index (χ0n) is 9.24. The van der Waals surface area contributed by atoms with E-state index in [2.05, 4.69) is 5.32 Å². The summed E-state index contributed by atoms with van der Waals surface area (Å²) in [5.74, 6) is 0.773.